The summed E-state index contributed by atoms with van der Waals surface area (Å²) < 4.78 is 0. The number of carbonyl (C=O) groups excluding carboxylic acids is 1. The molecule has 0 bridgehead atoms. The summed E-state index contributed by atoms with van der Waals surface area (Å²) in [5, 5.41) is 0. The number of ketones is 1. The molecule has 3 heteroatoms. The monoisotopic (exact) mass is 290 g/mol. The van der Waals surface area contributed by atoms with Gasteiger partial charge in [0.25, 0.3) is 0 Å². The molecule has 1 atom stereocenters. The Kier molecular flexibility index (Phi) is 7.62. The molecule has 3 nitrogen and oxygen atoms in total. The molecule has 1 aromatic carbocycles. The number of nitrogens with zero attached hydrogens (tertiary/aromatic N) is 2. The van der Waals surface area contributed by atoms with E-state index >= 15 is 0 Å². The van der Waals surface area contributed by atoms with E-state index in [4.69, 9.17) is 0 Å². The maximum atomic E-state index is 12.6. The highest BCUT2D eigenvalue weighted by atomic mass is 16.1. The Morgan fingerprint density at radius 2 is 1.67 bits per heavy atom. The number of hydrogen-bond donors (Lipinski definition) is 0. The topological polar surface area (TPSA) is 23.6 Å². The molecule has 0 heterocycles. The maximum Gasteiger partial charge on any atom is 0.179 e. The molecule has 0 aliphatic carbocycles. The van der Waals surface area contributed by atoms with Crippen molar-refractivity contribution >= 4 is 5.78 Å². The fourth-order valence-corrected chi connectivity index (χ4v) is 2.43. The van der Waals surface area contributed by atoms with Gasteiger partial charge in [0.2, 0.25) is 0 Å². The second-order valence-corrected chi connectivity index (χ2v) is 5.93. The fourth-order valence-electron chi connectivity index (χ4n) is 2.43. The van der Waals surface area contributed by atoms with Crippen LogP contribution in [-0.2, 0) is 6.42 Å². The van der Waals surface area contributed by atoms with Gasteiger partial charge >= 0.3 is 0 Å². The summed E-state index contributed by atoms with van der Waals surface area (Å²) in [5.74, 6) is 0.227. The van der Waals surface area contributed by atoms with Crippen molar-refractivity contribution in [1.82, 2.24) is 9.80 Å². The van der Waals surface area contributed by atoms with Gasteiger partial charge in [-0.1, -0.05) is 38.1 Å². The Hall–Kier alpha value is -1.19. The summed E-state index contributed by atoms with van der Waals surface area (Å²) >= 11 is 0. The van der Waals surface area contributed by atoms with E-state index in [9.17, 15) is 4.79 Å². The molecule has 0 radical (unpaired) electrons. The molecule has 118 valence electrons. The molecule has 0 aliphatic heterocycles. The van der Waals surface area contributed by atoms with Gasteiger partial charge in [0, 0.05) is 18.7 Å². The molecule has 0 fully saturated rings. The molecule has 0 aliphatic rings. The van der Waals surface area contributed by atoms with Gasteiger partial charge in [-0.2, -0.15) is 0 Å². The number of benzene rings is 1. The summed E-state index contributed by atoms with van der Waals surface area (Å²) in [6.45, 7) is 9.20. The maximum absolute atomic E-state index is 12.6. The van der Waals surface area contributed by atoms with Crippen molar-refractivity contribution in [3.05, 3.63) is 35.4 Å². The molecule has 1 unspecified atom stereocenters. The predicted octanol–water partition coefficient (Wildman–Crippen LogP) is 3.09. The third-order valence-corrected chi connectivity index (χ3v) is 3.92. The zero-order valence-corrected chi connectivity index (χ0v) is 14.2. The fraction of sp³-hybridized carbons (Fsp3) is 0.611. The lowest BCUT2D eigenvalue weighted by molar-refractivity contribution is 0.0828. The molecule has 0 saturated carbocycles. The summed E-state index contributed by atoms with van der Waals surface area (Å²) in [5.41, 5.74) is 2.10. The van der Waals surface area contributed by atoms with Crippen molar-refractivity contribution in [2.24, 2.45) is 0 Å². The van der Waals surface area contributed by atoms with Crippen LogP contribution in [0.2, 0.25) is 0 Å². The minimum atomic E-state index is -0.0580. The highest BCUT2D eigenvalue weighted by Gasteiger charge is 2.21. The third-order valence-electron chi connectivity index (χ3n) is 3.92. The van der Waals surface area contributed by atoms with Crippen LogP contribution in [0, 0.1) is 0 Å². The summed E-state index contributed by atoms with van der Waals surface area (Å²) in [7, 11) is 4.14. The first-order valence-corrected chi connectivity index (χ1v) is 8.01. The summed E-state index contributed by atoms with van der Waals surface area (Å²) in [4.78, 5) is 17.1. The average molecular weight is 290 g/mol. The molecule has 0 aromatic heterocycles. The number of carbonyl (C=O) groups is 1. The number of hydrogen-bond acceptors (Lipinski definition) is 3. The van der Waals surface area contributed by atoms with E-state index in [2.05, 4.69) is 49.9 Å². The van der Waals surface area contributed by atoms with Crippen molar-refractivity contribution in [3.63, 3.8) is 0 Å². The molecule has 21 heavy (non-hydrogen) atoms. The van der Waals surface area contributed by atoms with Crippen LogP contribution < -0.4 is 0 Å². The van der Waals surface area contributed by atoms with E-state index in [1.54, 1.807) is 0 Å². The van der Waals surface area contributed by atoms with Gasteiger partial charge in [-0.3, -0.25) is 9.69 Å². The minimum absolute atomic E-state index is 0.0580. The van der Waals surface area contributed by atoms with Crippen molar-refractivity contribution in [2.75, 3.05) is 33.7 Å². The van der Waals surface area contributed by atoms with Crippen LogP contribution in [-0.4, -0.2) is 55.4 Å². The Bertz CT molecular complexity index is 425. The van der Waals surface area contributed by atoms with Crippen LogP contribution in [0.3, 0.4) is 0 Å². The first-order valence-electron chi connectivity index (χ1n) is 8.01. The molecule has 0 spiro atoms. The largest absolute Gasteiger partial charge is 0.308 e. The molecule has 0 N–H and O–H groups in total. The second kappa shape index (κ2) is 8.96. The predicted molar refractivity (Wildman–Crippen MR) is 90.0 cm³/mol. The quantitative estimate of drug-likeness (QED) is 0.653. The van der Waals surface area contributed by atoms with Crippen molar-refractivity contribution in [2.45, 2.75) is 39.7 Å². The van der Waals surface area contributed by atoms with Gasteiger partial charge in [-0.25, -0.2) is 0 Å². The van der Waals surface area contributed by atoms with Crippen molar-refractivity contribution in [1.29, 1.82) is 0 Å². The van der Waals surface area contributed by atoms with Crippen LogP contribution in [0.4, 0.5) is 0 Å². The highest BCUT2D eigenvalue weighted by Crippen LogP contribution is 2.12. The summed E-state index contributed by atoms with van der Waals surface area (Å²) in [6.07, 6.45) is 2.08. The Balaban J connectivity index is 2.75. The Morgan fingerprint density at radius 3 is 2.14 bits per heavy atom. The standard InChI is InChI=1S/C18H30N2O/c1-6-12-20(14-13-19(4)5)15(3)18(21)17-10-8-16(7-2)9-11-17/h8-11,15H,6-7,12-14H2,1-5H3. The average Bonchev–Trinajstić information content (AvgIpc) is 2.50. The molecular formula is C18H30N2O. The van der Waals surface area contributed by atoms with Gasteiger partial charge in [0.1, 0.15) is 0 Å². The molecule has 1 rings (SSSR count). The first kappa shape index (κ1) is 17.9. The van der Waals surface area contributed by atoms with Crippen LogP contribution in [0.25, 0.3) is 0 Å². The zero-order valence-electron chi connectivity index (χ0n) is 14.2. The van der Waals surface area contributed by atoms with E-state index in [-0.39, 0.29) is 11.8 Å². The van der Waals surface area contributed by atoms with Gasteiger partial charge in [0.05, 0.1) is 6.04 Å². The molecule has 0 saturated heterocycles. The molecule has 1 aromatic rings. The number of rotatable bonds is 9. The molecule has 0 amide bonds. The highest BCUT2D eigenvalue weighted by molar-refractivity contribution is 5.99. The minimum Gasteiger partial charge on any atom is -0.308 e. The Morgan fingerprint density at radius 1 is 1.05 bits per heavy atom. The second-order valence-electron chi connectivity index (χ2n) is 5.93. The zero-order chi connectivity index (χ0) is 15.8. The van der Waals surface area contributed by atoms with E-state index in [0.29, 0.717) is 0 Å². The van der Waals surface area contributed by atoms with Gasteiger partial charge in [-0.05, 0) is 46.0 Å². The van der Waals surface area contributed by atoms with E-state index in [0.717, 1.165) is 38.0 Å². The lowest BCUT2D eigenvalue weighted by atomic mass is 10.0. The number of Topliss-reactive ketones (excluding diaryl/α,β-unsaturated/α-hetero) is 1. The lowest BCUT2D eigenvalue weighted by Crippen LogP contribution is -2.43. The van der Waals surface area contributed by atoms with Crippen LogP contribution in [0.5, 0.6) is 0 Å². The smallest absolute Gasteiger partial charge is 0.179 e. The van der Waals surface area contributed by atoms with E-state index in [1.165, 1.54) is 5.56 Å². The normalized spacial score (nSPS) is 12.9. The molecular weight excluding hydrogens is 260 g/mol. The number of likely N-dealkylation sites (N-methyl/N-ethyl adjacent to an activating group) is 1. The van der Waals surface area contributed by atoms with E-state index in [1.807, 2.05) is 19.1 Å². The number of aryl methyl sites for hydroxylation is 1. The van der Waals surface area contributed by atoms with Crippen LogP contribution in [0.15, 0.2) is 24.3 Å². The van der Waals surface area contributed by atoms with Crippen LogP contribution in [0.1, 0.15) is 43.1 Å². The summed E-state index contributed by atoms with van der Waals surface area (Å²) in [6, 6.07) is 7.99. The van der Waals surface area contributed by atoms with Crippen LogP contribution >= 0.6 is 0 Å². The van der Waals surface area contributed by atoms with E-state index < -0.39 is 0 Å². The third kappa shape index (κ3) is 5.60. The van der Waals surface area contributed by atoms with Gasteiger partial charge in [-0.15, -0.1) is 0 Å². The van der Waals surface area contributed by atoms with Crippen molar-refractivity contribution < 1.29 is 4.79 Å². The first-order chi connectivity index (χ1) is 9.99. The lowest BCUT2D eigenvalue weighted by Gasteiger charge is -2.29. The SMILES string of the molecule is CCCN(CCN(C)C)C(C)C(=O)c1ccc(CC)cc1. The van der Waals surface area contributed by atoms with Gasteiger partial charge in [0.15, 0.2) is 5.78 Å². The van der Waals surface area contributed by atoms with Gasteiger partial charge < -0.3 is 4.90 Å². The Labute approximate surface area is 129 Å². The van der Waals surface area contributed by atoms with Crippen molar-refractivity contribution in [3.8, 4) is 0 Å².